The first kappa shape index (κ1) is 24.6. The highest BCUT2D eigenvalue weighted by Crippen LogP contribution is 2.20. The molecule has 32 heavy (non-hydrogen) atoms. The van der Waals surface area contributed by atoms with Crippen LogP contribution in [-0.4, -0.2) is 34.6 Å². The summed E-state index contributed by atoms with van der Waals surface area (Å²) in [5.41, 5.74) is 1.83. The zero-order chi connectivity index (χ0) is 22.9. The van der Waals surface area contributed by atoms with E-state index in [0.717, 1.165) is 36.8 Å². The second-order valence-corrected chi connectivity index (χ2v) is 9.71. The van der Waals surface area contributed by atoms with Gasteiger partial charge >= 0.3 is 0 Å². The standard InChI is InChI=1S/C25H30ClFN2O2S/c1-18(25(31)28-23-8-3-2-4-9-23)29(15-19-10-12-22(27)13-11-19)24(30)17-32-16-20-6-5-7-21(26)14-20/h5-7,10-14,18,23H,2-4,8-9,15-17H2,1H3,(H,28,31)/t18-/m1/s1. The summed E-state index contributed by atoms with van der Waals surface area (Å²) < 4.78 is 13.3. The highest BCUT2D eigenvalue weighted by molar-refractivity contribution is 7.99. The van der Waals surface area contributed by atoms with E-state index in [0.29, 0.717) is 10.8 Å². The van der Waals surface area contributed by atoms with Crippen LogP contribution in [0.25, 0.3) is 0 Å². The largest absolute Gasteiger partial charge is 0.352 e. The molecule has 0 aromatic heterocycles. The molecule has 4 nitrogen and oxygen atoms in total. The van der Waals surface area contributed by atoms with Crippen molar-refractivity contribution < 1.29 is 14.0 Å². The SMILES string of the molecule is C[C@H](C(=O)NC1CCCCC1)N(Cc1ccc(F)cc1)C(=O)CSCc1cccc(Cl)c1. The molecule has 7 heteroatoms. The number of rotatable bonds is 9. The maximum absolute atomic E-state index is 13.3. The monoisotopic (exact) mass is 476 g/mol. The average Bonchev–Trinajstić information content (AvgIpc) is 2.79. The Kier molecular flexibility index (Phi) is 9.42. The number of halogens is 2. The van der Waals surface area contributed by atoms with Crippen molar-refractivity contribution in [2.24, 2.45) is 0 Å². The van der Waals surface area contributed by atoms with Gasteiger partial charge in [0, 0.05) is 23.4 Å². The van der Waals surface area contributed by atoms with Gasteiger partial charge in [-0.15, -0.1) is 11.8 Å². The summed E-state index contributed by atoms with van der Waals surface area (Å²) in [4.78, 5) is 27.7. The summed E-state index contributed by atoms with van der Waals surface area (Å²) in [6, 6.07) is 13.2. The molecule has 0 radical (unpaired) electrons. The Morgan fingerprint density at radius 1 is 1.12 bits per heavy atom. The van der Waals surface area contributed by atoms with Crippen molar-refractivity contribution >= 4 is 35.2 Å². The average molecular weight is 477 g/mol. The number of hydrogen-bond donors (Lipinski definition) is 1. The normalized spacial score (nSPS) is 15.2. The molecule has 0 aliphatic heterocycles. The van der Waals surface area contributed by atoms with E-state index in [2.05, 4.69) is 5.32 Å². The molecule has 2 amide bonds. The van der Waals surface area contributed by atoms with E-state index >= 15 is 0 Å². The molecule has 1 aliphatic carbocycles. The summed E-state index contributed by atoms with van der Waals surface area (Å²) in [5.74, 6) is 0.320. The summed E-state index contributed by atoms with van der Waals surface area (Å²) >= 11 is 7.53. The minimum Gasteiger partial charge on any atom is -0.352 e. The first-order chi connectivity index (χ1) is 15.4. The fourth-order valence-electron chi connectivity index (χ4n) is 3.90. The molecule has 0 saturated heterocycles. The van der Waals surface area contributed by atoms with E-state index in [-0.39, 0.29) is 36.0 Å². The number of amides is 2. The highest BCUT2D eigenvalue weighted by Gasteiger charge is 2.28. The Hall–Kier alpha value is -2.05. The molecule has 1 fully saturated rings. The fraction of sp³-hybridized carbons (Fsp3) is 0.440. The molecule has 1 saturated carbocycles. The Morgan fingerprint density at radius 2 is 1.84 bits per heavy atom. The molecule has 0 heterocycles. The van der Waals surface area contributed by atoms with Gasteiger partial charge in [-0.1, -0.05) is 55.1 Å². The number of carbonyl (C=O) groups is 2. The van der Waals surface area contributed by atoms with Crippen LogP contribution in [-0.2, 0) is 21.9 Å². The van der Waals surface area contributed by atoms with E-state index in [1.807, 2.05) is 24.3 Å². The predicted octanol–water partition coefficient (Wildman–Crippen LogP) is 5.58. The van der Waals surface area contributed by atoms with E-state index < -0.39 is 6.04 Å². The molecule has 3 rings (SSSR count). The van der Waals surface area contributed by atoms with Crippen LogP contribution in [0.1, 0.15) is 50.2 Å². The Balaban J connectivity index is 1.64. The van der Waals surface area contributed by atoms with Crippen LogP contribution in [0.3, 0.4) is 0 Å². The number of nitrogens with zero attached hydrogens (tertiary/aromatic N) is 1. The van der Waals surface area contributed by atoms with Crippen LogP contribution in [0.2, 0.25) is 5.02 Å². The van der Waals surface area contributed by atoms with Crippen LogP contribution in [0.4, 0.5) is 4.39 Å². The molecule has 0 unspecified atom stereocenters. The molecule has 2 aromatic rings. The van der Waals surface area contributed by atoms with Crippen molar-refractivity contribution in [1.29, 1.82) is 0 Å². The highest BCUT2D eigenvalue weighted by atomic mass is 35.5. The Morgan fingerprint density at radius 3 is 2.53 bits per heavy atom. The van der Waals surface area contributed by atoms with Crippen LogP contribution in [0.5, 0.6) is 0 Å². The summed E-state index contributed by atoms with van der Waals surface area (Å²) in [7, 11) is 0. The summed E-state index contributed by atoms with van der Waals surface area (Å²) in [5, 5.41) is 3.79. The minimum absolute atomic E-state index is 0.118. The third-order valence-electron chi connectivity index (χ3n) is 5.77. The zero-order valence-electron chi connectivity index (χ0n) is 18.4. The van der Waals surface area contributed by atoms with Crippen molar-refractivity contribution in [2.75, 3.05) is 5.75 Å². The van der Waals surface area contributed by atoms with Gasteiger partial charge in [-0.2, -0.15) is 0 Å². The lowest BCUT2D eigenvalue weighted by molar-refractivity contribution is -0.139. The first-order valence-corrected chi connectivity index (χ1v) is 12.6. The van der Waals surface area contributed by atoms with E-state index in [4.69, 9.17) is 11.6 Å². The topological polar surface area (TPSA) is 49.4 Å². The van der Waals surface area contributed by atoms with Crippen LogP contribution in [0.15, 0.2) is 48.5 Å². The van der Waals surface area contributed by atoms with Crippen LogP contribution < -0.4 is 5.32 Å². The van der Waals surface area contributed by atoms with E-state index in [1.165, 1.54) is 30.3 Å². The van der Waals surface area contributed by atoms with Gasteiger partial charge in [-0.05, 0) is 55.2 Å². The Labute approximate surface area is 198 Å². The van der Waals surface area contributed by atoms with Gasteiger partial charge in [0.1, 0.15) is 11.9 Å². The van der Waals surface area contributed by atoms with Crippen molar-refractivity contribution in [3.8, 4) is 0 Å². The fourth-order valence-corrected chi connectivity index (χ4v) is 4.97. The van der Waals surface area contributed by atoms with Crippen molar-refractivity contribution in [2.45, 2.75) is 63.4 Å². The van der Waals surface area contributed by atoms with Gasteiger partial charge in [-0.3, -0.25) is 9.59 Å². The van der Waals surface area contributed by atoms with Crippen LogP contribution >= 0.6 is 23.4 Å². The van der Waals surface area contributed by atoms with Crippen molar-refractivity contribution in [3.63, 3.8) is 0 Å². The molecule has 2 aromatic carbocycles. The third kappa shape index (κ3) is 7.52. The predicted molar refractivity (Wildman–Crippen MR) is 129 cm³/mol. The van der Waals surface area contributed by atoms with E-state index in [9.17, 15) is 14.0 Å². The molecular formula is C25H30ClFN2O2S. The molecule has 0 bridgehead atoms. The lowest BCUT2D eigenvalue weighted by Gasteiger charge is -2.31. The second kappa shape index (κ2) is 12.3. The van der Waals surface area contributed by atoms with E-state index in [1.54, 1.807) is 24.0 Å². The maximum Gasteiger partial charge on any atom is 0.242 e. The summed E-state index contributed by atoms with van der Waals surface area (Å²) in [6.45, 7) is 2.03. The molecule has 0 spiro atoms. The molecule has 1 N–H and O–H groups in total. The first-order valence-electron chi connectivity index (χ1n) is 11.1. The van der Waals surface area contributed by atoms with Gasteiger partial charge in [0.25, 0.3) is 0 Å². The van der Waals surface area contributed by atoms with Crippen molar-refractivity contribution in [1.82, 2.24) is 10.2 Å². The van der Waals surface area contributed by atoms with Gasteiger partial charge in [0.15, 0.2) is 0 Å². The summed E-state index contributed by atoms with van der Waals surface area (Å²) in [6.07, 6.45) is 5.43. The lowest BCUT2D eigenvalue weighted by Crippen LogP contribution is -2.50. The van der Waals surface area contributed by atoms with Gasteiger partial charge in [0.05, 0.1) is 5.75 Å². The van der Waals surface area contributed by atoms with Crippen molar-refractivity contribution in [3.05, 3.63) is 70.5 Å². The quantitative estimate of drug-likeness (QED) is 0.514. The maximum atomic E-state index is 13.3. The molecule has 1 aliphatic rings. The van der Waals surface area contributed by atoms with Gasteiger partial charge in [-0.25, -0.2) is 4.39 Å². The molecule has 172 valence electrons. The van der Waals surface area contributed by atoms with Crippen LogP contribution in [0, 0.1) is 5.82 Å². The minimum atomic E-state index is -0.610. The molecular weight excluding hydrogens is 447 g/mol. The second-order valence-electron chi connectivity index (χ2n) is 8.29. The number of benzene rings is 2. The number of thioether (sulfide) groups is 1. The van der Waals surface area contributed by atoms with Gasteiger partial charge in [0.2, 0.25) is 11.8 Å². The zero-order valence-corrected chi connectivity index (χ0v) is 19.9. The number of hydrogen-bond acceptors (Lipinski definition) is 3. The number of carbonyl (C=O) groups excluding carboxylic acids is 2. The number of nitrogens with one attached hydrogen (secondary N) is 1. The molecule has 1 atom stereocenters. The van der Waals surface area contributed by atoms with Gasteiger partial charge < -0.3 is 10.2 Å². The third-order valence-corrected chi connectivity index (χ3v) is 6.99. The lowest BCUT2D eigenvalue weighted by atomic mass is 9.95. The smallest absolute Gasteiger partial charge is 0.242 e. The Bertz CT molecular complexity index is 903.